The zero-order valence-corrected chi connectivity index (χ0v) is 12.9. The second-order valence-electron chi connectivity index (χ2n) is 5.12. The first-order valence-electron chi connectivity index (χ1n) is 6.64. The van der Waals surface area contributed by atoms with E-state index in [1.165, 1.54) is 10.9 Å². The minimum Gasteiger partial charge on any atom is -0.387 e. The van der Waals surface area contributed by atoms with Gasteiger partial charge in [-0.2, -0.15) is 9.97 Å². The smallest absolute Gasteiger partial charge is 0.387 e. The lowest BCUT2D eigenvalue weighted by Gasteiger charge is -2.16. The normalized spacial score (nSPS) is 27.8. The van der Waals surface area contributed by atoms with Crippen LogP contribution in [0.5, 0.6) is 0 Å². The summed E-state index contributed by atoms with van der Waals surface area (Å²) in [4.78, 5) is 29.2. The Labute approximate surface area is 134 Å². The van der Waals surface area contributed by atoms with Crippen LogP contribution in [0.3, 0.4) is 0 Å². The number of phosphoric ester groups is 1. The number of imidazole rings is 1. The lowest BCUT2D eigenvalue weighted by molar-refractivity contribution is -0.0503. The Morgan fingerprint density at radius 1 is 1.29 bits per heavy atom. The number of rotatable bonds is 4. The molecule has 1 saturated heterocycles. The molecular weight excluding hydrogens is 347 g/mol. The molecule has 132 valence electrons. The van der Waals surface area contributed by atoms with Gasteiger partial charge in [0.25, 0.3) is 0 Å². The predicted octanol–water partition coefficient (Wildman–Crippen LogP) is -2.28. The van der Waals surface area contributed by atoms with Crippen LogP contribution in [0.1, 0.15) is 6.23 Å². The van der Waals surface area contributed by atoms with Crippen molar-refractivity contribution in [2.24, 2.45) is 0 Å². The van der Waals surface area contributed by atoms with E-state index in [-0.39, 0.29) is 22.9 Å². The Hall–Kier alpha value is -1.86. The van der Waals surface area contributed by atoms with Gasteiger partial charge in [-0.3, -0.25) is 9.09 Å². The molecule has 1 aliphatic rings. The fraction of sp³-hybridized carbons (Fsp3) is 0.500. The van der Waals surface area contributed by atoms with Gasteiger partial charge in [-0.05, 0) is 0 Å². The fourth-order valence-corrected chi connectivity index (χ4v) is 2.75. The highest BCUT2D eigenvalue weighted by Crippen LogP contribution is 2.38. The molecule has 24 heavy (non-hydrogen) atoms. The van der Waals surface area contributed by atoms with Gasteiger partial charge in [0, 0.05) is 0 Å². The van der Waals surface area contributed by atoms with E-state index in [1.54, 1.807) is 0 Å². The molecule has 0 aromatic carbocycles. The monoisotopic (exact) mass is 362 g/mol. The summed E-state index contributed by atoms with van der Waals surface area (Å²) in [5.41, 5.74) is 11.6. The van der Waals surface area contributed by atoms with Crippen LogP contribution in [0.15, 0.2) is 6.33 Å². The number of hydrogen-bond donors (Lipinski definition) is 6. The van der Waals surface area contributed by atoms with Crippen LogP contribution in [0.2, 0.25) is 0 Å². The Kier molecular flexibility index (Phi) is 4.17. The van der Waals surface area contributed by atoms with Crippen LogP contribution in [-0.2, 0) is 13.8 Å². The number of anilines is 2. The molecule has 2 aromatic rings. The second-order valence-corrected chi connectivity index (χ2v) is 6.36. The molecule has 0 radical (unpaired) electrons. The molecule has 0 aliphatic carbocycles. The first-order chi connectivity index (χ1) is 11.2. The summed E-state index contributed by atoms with van der Waals surface area (Å²) in [5, 5.41) is 20.1. The van der Waals surface area contributed by atoms with E-state index < -0.39 is 39.0 Å². The summed E-state index contributed by atoms with van der Waals surface area (Å²) in [5.74, 6) is -0.0816. The van der Waals surface area contributed by atoms with Crippen molar-refractivity contribution >= 4 is 30.8 Å². The van der Waals surface area contributed by atoms with Gasteiger partial charge in [0.2, 0.25) is 5.95 Å². The lowest BCUT2D eigenvalue weighted by atomic mass is 10.1. The molecule has 4 unspecified atom stereocenters. The molecule has 0 spiro atoms. The maximum atomic E-state index is 10.7. The third kappa shape index (κ3) is 3.06. The molecule has 13 nitrogen and oxygen atoms in total. The number of fused-ring (bicyclic) bond motifs is 1. The van der Waals surface area contributed by atoms with E-state index in [4.69, 9.17) is 26.0 Å². The number of phosphoric acid groups is 1. The Balaban J connectivity index is 1.89. The Bertz CT molecular complexity index is 808. The number of aromatic nitrogens is 4. The van der Waals surface area contributed by atoms with Crippen molar-refractivity contribution in [1.82, 2.24) is 19.5 Å². The third-order valence-electron chi connectivity index (χ3n) is 3.48. The van der Waals surface area contributed by atoms with Gasteiger partial charge >= 0.3 is 7.82 Å². The maximum absolute atomic E-state index is 10.7. The predicted molar refractivity (Wildman–Crippen MR) is 78.1 cm³/mol. The van der Waals surface area contributed by atoms with Crippen LogP contribution in [0.25, 0.3) is 11.2 Å². The molecule has 0 amide bonds. The van der Waals surface area contributed by atoms with Gasteiger partial charge < -0.3 is 36.2 Å². The average molecular weight is 362 g/mol. The van der Waals surface area contributed by atoms with E-state index >= 15 is 0 Å². The summed E-state index contributed by atoms with van der Waals surface area (Å²) in [6.07, 6.45) is -3.92. The van der Waals surface area contributed by atoms with Crippen molar-refractivity contribution in [2.75, 3.05) is 18.1 Å². The highest BCUT2D eigenvalue weighted by molar-refractivity contribution is 7.46. The number of nitrogen functional groups attached to an aromatic ring is 2. The zero-order chi connectivity index (χ0) is 17.6. The van der Waals surface area contributed by atoms with Gasteiger partial charge in [0.1, 0.15) is 23.8 Å². The number of nitrogens with two attached hydrogens (primary N) is 2. The van der Waals surface area contributed by atoms with Crippen molar-refractivity contribution in [3.05, 3.63) is 6.33 Å². The molecule has 3 heterocycles. The van der Waals surface area contributed by atoms with E-state index in [0.29, 0.717) is 0 Å². The summed E-state index contributed by atoms with van der Waals surface area (Å²) in [7, 11) is -4.74. The SMILES string of the molecule is Nc1nc(N)c2ncn(C3OC(COP(=O)(O)O)C(O)C3O)c2n1. The first kappa shape index (κ1) is 17.0. The maximum Gasteiger partial charge on any atom is 0.469 e. The van der Waals surface area contributed by atoms with Crippen molar-refractivity contribution in [1.29, 1.82) is 0 Å². The first-order valence-corrected chi connectivity index (χ1v) is 8.17. The van der Waals surface area contributed by atoms with Crippen LogP contribution in [0.4, 0.5) is 11.8 Å². The molecule has 8 N–H and O–H groups in total. The van der Waals surface area contributed by atoms with Crippen molar-refractivity contribution < 1.29 is 33.8 Å². The van der Waals surface area contributed by atoms with Gasteiger partial charge in [0.15, 0.2) is 17.7 Å². The van der Waals surface area contributed by atoms with Crippen LogP contribution >= 0.6 is 7.82 Å². The minimum absolute atomic E-state index is 0.0330. The molecular formula is C10H15N6O7P. The third-order valence-corrected chi connectivity index (χ3v) is 3.97. The second kappa shape index (κ2) is 5.89. The summed E-state index contributed by atoms with van der Waals surface area (Å²) >= 11 is 0. The minimum atomic E-state index is -4.74. The highest BCUT2D eigenvalue weighted by Gasteiger charge is 2.45. The number of aliphatic hydroxyl groups is 2. The Morgan fingerprint density at radius 3 is 2.67 bits per heavy atom. The number of aliphatic hydroxyl groups excluding tert-OH is 2. The van der Waals surface area contributed by atoms with Crippen molar-refractivity contribution in [2.45, 2.75) is 24.5 Å². The summed E-state index contributed by atoms with van der Waals surface area (Å²) in [6, 6.07) is 0. The van der Waals surface area contributed by atoms with Gasteiger partial charge in [-0.15, -0.1) is 0 Å². The van der Waals surface area contributed by atoms with Crippen LogP contribution < -0.4 is 11.5 Å². The van der Waals surface area contributed by atoms with E-state index in [9.17, 15) is 14.8 Å². The number of hydrogen-bond acceptors (Lipinski definition) is 10. The topological polar surface area (TPSA) is 212 Å². The summed E-state index contributed by atoms with van der Waals surface area (Å²) < 4.78 is 21.8. The fourth-order valence-electron chi connectivity index (χ4n) is 2.41. The standard InChI is InChI=1S/C10H15N6O7P/c11-7-4-8(15-10(12)14-7)16(2-13-4)9-6(18)5(17)3(23-9)1-22-24(19,20)21/h2-3,5-6,9,17-18H,1H2,(H2,19,20,21)(H4,11,12,14,15). The van der Waals surface area contributed by atoms with E-state index in [1.807, 2.05) is 0 Å². The number of nitrogens with zero attached hydrogens (tertiary/aromatic N) is 4. The largest absolute Gasteiger partial charge is 0.469 e. The summed E-state index contributed by atoms with van der Waals surface area (Å²) in [6.45, 7) is -0.620. The highest BCUT2D eigenvalue weighted by atomic mass is 31.2. The molecule has 1 fully saturated rings. The van der Waals surface area contributed by atoms with Crippen molar-refractivity contribution in [3.8, 4) is 0 Å². The zero-order valence-electron chi connectivity index (χ0n) is 12.0. The van der Waals surface area contributed by atoms with Crippen LogP contribution in [-0.4, -0.2) is 64.4 Å². The molecule has 0 saturated carbocycles. The van der Waals surface area contributed by atoms with E-state index in [0.717, 1.165) is 0 Å². The molecule has 3 rings (SSSR count). The van der Waals surface area contributed by atoms with E-state index in [2.05, 4.69) is 19.5 Å². The quantitative estimate of drug-likeness (QED) is 0.317. The molecule has 1 aliphatic heterocycles. The van der Waals surface area contributed by atoms with Crippen LogP contribution in [0, 0.1) is 0 Å². The average Bonchev–Trinajstić information content (AvgIpc) is 3.00. The Morgan fingerprint density at radius 2 is 2.00 bits per heavy atom. The molecule has 2 aromatic heterocycles. The molecule has 4 atom stereocenters. The van der Waals surface area contributed by atoms with Gasteiger partial charge in [-0.1, -0.05) is 0 Å². The van der Waals surface area contributed by atoms with Gasteiger partial charge in [0.05, 0.1) is 12.9 Å². The van der Waals surface area contributed by atoms with Crippen molar-refractivity contribution in [3.63, 3.8) is 0 Å². The molecule has 14 heteroatoms. The molecule has 0 bridgehead atoms. The lowest BCUT2D eigenvalue weighted by Crippen LogP contribution is -2.33. The van der Waals surface area contributed by atoms with Gasteiger partial charge in [-0.25, -0.2) is 9.55 Å². The number of ether oxygens (including phenoxy) is 1.